The Balaban J connectivity index is 1.52. The summed E-state index contributed by atoms with van der Waals surface area (Å²) >= 11 is 1.16. The molecule has 2 aromatic heterocycles. The lowest BCUT2D eigenvalue weighted by Crippen LogP contribution is -2.18. The molecule has 0 radical (unpaired) electrons. The fraction of sp³-hybridized carbons (Fsp3) is 0.368. The van der Waals surface area contributed by atoms with Gasteiger partial charge in [-0.15, -0.1) is 10.2 Å². The number of carbonyl (C=O) groups excluding carboxylic acids is 1. The van der Waals surface area contributed by atoms with Crippen LogP contribution in [0.5, 0.6) is 5.75 Å². The lowest BCUT2D eigenvalue weighted by molar-refractivity contribution is -0.113. The molecule has 10 heteroatoms. The summed E-state index contributed by atoms with van der Waals surface area (Å²) in [6, 6.07) is 9.56. The topological polar surface area (TPSA) is 121 Å². The molecule has 1 amide bonds. The van der Waals surface area contributed by atoms with E-state index in [2.05, 4.69) is 41.4 Å². The average molecular weight is 417 g/mol. The van der Waals surface area contributed by atoms with Gasteiger partial charge >= 0.3 is 0 Å². The number of benzene rings is 1. The van der Waals surface area contributed by atoms with E-state index in [1.807, 2.05) is 24.3 Å². The molecule has 2 heterocycles. The molecule has 0 aliphatic heterocycles. The monoisotopic (exact) mass is 416 g/mol. The number of hydrogen-bond acceptors (Lipinski definition) is 8. The van der Waals surface area contributed by atoms with Crippen LogP contribution in [-0.2, 0) is 16.8 Å². The van der Waals surface area contributed by atoms with Crippen LogP contribution in [0, 0.1) is 6.92 Å². The second-order valence-electron chi connectivity index (χ2n) is 7.50. The van der Waals surface area contributed by atoms with Crippen LogP contribution in [0.15, 0.2) is 40.0 Å². The molecular formula is C19H24N6O3S. The van der Waals surface area contributed by atoms with Gasteiger partial charge in [-0.2, -0.15) is 0 Å². The highest BCUT2D eigenvalue weighted by atomic mass is 32.2. The summed E-state index contributed by atoms with van der Waals surface area (Å²) in [6.07, 6.45) is 0. The first-order valence-corrected chi connectivity index (χ1v) is 9.99. The molecule has 0 spiro atoms. The third-order valence-electron chi connectivity index (χ3n) is 4.05. The number of nitrogens with zero attached hydrogens (tertiary/aromatic N) is 4. The second kappa shape index (κ2) is 8.56. The van der Waals surface area contributed by atoms with Gasteiger partial charge in [0.25, 0.3) is 0 Å². The summed E-state index contributed by atoms with van der Waals surface area (Å²) in [5.41, 5.74) is 2.00. The van der Waals surface area contributed by atoms with Gasteiger partial charge in [-0.05, 0) is 30.0 Å². The zero-order valence-corrected chi connectivity index (χ0v) is 17.6. The molecule has 154 valence electrons. The van der Waals surface area contributed by atoms with Crippen LogP contribution in [0.4, 0.5) is 5.88 Å². The number of hydrogen-bond donors (Lipinski definition) is 2. The number of nitrogens with one attached hydrogen (secondary N) is 1. The Bertz CT molecular complexity index is 975. The van der Waals surface area contributed by atoms with Crippen molar-refractivity contribution >= 4 is 23.6 Å². The number of carbonyl (C=O) groups is 1. The van der Waals surface area contributed by atoms with E-state index >= 15 is 0 Å². The number of aryl methyl sites for hydroxylation is 1. The summed E-state index contributed by atoms with van der Waals surface area (Å²) in [4.78, 5) is 12.0. The van der Waals surface area contributed by atoms with Crippen LogP contribution < -0.4 is 15.9 Å². The zero-order chi connectivity index (χ0) is 21.0. The van der Waals surface area contributed by atoms with Crippen molar-refractivity contribution in [3.05, 3.63) is 47.4 Å². The molecule has 0 bridgehead atoms. The molecule has 0 unspecified atom stereocenters. The summed E-state index contributed by atoms with van der Waals surface area (Å²) in [5.74, 6) is 7.34. The van der Waals surface area contributed by atoms with Gasteiger partial charge in [0.15, 0.2) is 5.82 Å². The van der Waals surface area contributed by atoms with Gasteiger partial charge in [0.2, 0.25) is 16.9 Å². The quantitative estimate of drug-likeness (QED) is 0.445. The minimum absolute atomic E-state index is 0.0840. The maximum absolute atomic E-state index is 12.0. The molecule has 9 nitrogen and oxygen atoms in total. The van der Waals surface area contributed by atoms with E-state index in [4.69, 9.17) is 15.1 Å². The summed E-state index contributed by atoms with van der Waals surface area (Å²) in [7, 11) is 0. The van der Waals surface area contributed by atoms with Crippen molar-refractivity contribution < 1.29 is 14.1 Å². The van der Waals surface area contributed by atoms with Crippen molar-refractivity contribution in [3.63, 3.8) is 0 Å². The van der Waals surface area contributed by atoms with Crippen LogP contribution in [-0.4, -0.2) is 31.7 Å². The number of aromatic nitrogens is 4. The molecule has 0 fully saturated rings. The number of rotatable bonds is 7. The molecule has 3 aromatic rings. The SMILES string of the molecule is Cc1cc(NC(=O)CSc2nnc(COc3ccc(C(C)(C)C)cc3)n2N)on1. The number of anilines is 1. The Hall–Kier alpha value is -3.01. The van der Waals surface area contributed by atoms with Gasteiger partial charge in [0.1, 0.15) is 12.4 Å². The number of thioether (sulfide) groups is 1. The average Bonchev–Trinajstić information content (AvgIpc) is 3.23. The minimum atomic E-state index is -0.258. The van der Waals surface area contributed by atoms with Crippen LogP contribution >= 0.6 is 11.8 Å². The van der Waals surface area contributed by atoms with Crippen LogP contribution in [0.3, 0.4) is 0 Å². The van der Waals surface area contributed by atoms with E-state index in [0.717, 1.165) is 17.5 Å². The van der Waals surface area contributed by atoms with Crippen molar-refractivity contribution in [3.8, 4) is 5.75 Å². The number of amides is 1. The van der Waals surface area contributed by atoms with E-state index in [9.17, 15) is 4.79 Å². The Labute approximate surface area is 173 Å². The lowest BCUT2D eigenvalue weighted by atomic mass is 9.87. The fourth-order valence-electron chi connectivity index (χ4n) is 2.43. The summed E-state index contributed by atoms with van der Waals surface area (Å²) in [6.45, 7) is 8.42. The predicted molar refractivity (Wildman–Crippen MR) is 110 cm³/mol. The van der Waals surface area contributed by atoms with E-state index < -0.39 is 0 Å². The number of ether oxygens (including phenoxy) is 1. The van der Waals surface area contributed by atoms with E-state index in [1.165, 1.54) is 10.2 Å². The van der Waals surface area contributed by atoms with Gasteiger partial charge in [0, 0.05) is 6.07 Å². The maximum Gasteiger partial charge on any atom is 0.237 e. The van der Waals surface area contributed by atoms with Gasteiger partial charge in [-0.1, -0.05) is 49.8 Å². The number of nitrogens with two attached hydrogens (primary N) is 1. The maximum atomic E-state index is 12.0. The Morgan fingerprint density at radius 2 is 2.00 bits per heavy atom. The summed E-state index contributed by atoms with van der Waals surface area (Å²) in [5, 5.41) is 14.8. The van der Waals surface area contributed by atoms with Crippen LogP contribution in [0.2, 0.25) is 0 Å². The molecule has 3 rings (SSSR count). The van der Waals surface area contributed by atoms with Crippen molar-refractivity contribution in [1.82, 2.24) is 20.0 Å². The normalized spacial score (nSPS) is 11.4. The molecule has 29 heavy (non-hydrogen) atoms. The molecule has 0 saturated heterocycles. The Morgan fingerprint density at radius 1 is 1.28 bits per heavy atom. The smallest absolute Gasteiger partial charge is 0.237 e. The van der Waals surface area contributed by atoms with E-state index in [-0.39, 0.29) is 23.7 Å². The van der Waals surface area contributed by atoms with Gasteiger partial charge in [0.05, 0.1) is 11.4 Å². The van der Waals surface area contributed by atoms with Crippen LogP contribution in [0.25, 0.3) is 0 Å². The first kappa shape index (κ1) is 20.7. The van der Waals surface area contributed by atoms with Gasteiger partial charge < -0.3 is 15.1 Å². The first-order valence-electron chi connectivity index (χ1n) is 9.01. The highest BCUT2D eigenvalue weighted by molar-refractivity contribution is 7.99. The molecule has 0 atom stereocenters. The van der Waals surface area contributed by atoms with Crippen molar-refractivity contribution in [2.75, 3.05) is 16.9 Å². The fourth-order valence-corrected chi connectivity index (χ4v) is 3.10. The zero-order valence-electron chi connectivity index (χ0n) is 16.8. The molecular weight excluding hydrogens is 392 g/mol. The Morgan fingerprint density at radius 3 is 2.62 bits per heavy atom. The van der Waals surface area contributed by atoms with Crippen LogP contribution in [0.1, 0.15) is 37.9 Å². The summed E-state index contributed by atoms with van der Waals surface area (Å²) < 4.78 is 12.0. The second-order valence-corrected chi connectivity index (χ2v) is 8.44. The highest BCUT2D eigenvalue weighted by Gasteiger charge is 2.15. The van der Waals surface area contributed by atoms with Crippen molar-refractivity contribution in [1.29, 1.82) is 0 Å². The van der Waals surface area contributed by atoms with Gasteiger partial charge in [-0.25, -0.2) is 4.68 Å². The highest BCUT2D eigenvalue weighted by Crippen LogP contribution is 2.24. The van der Waals surface area contributed by atoms with Gasteiger partial charge in [-0.3, -0.25) is 10.1 Å². The molecule has 3 N–H and O–H groups in total. The third kappa shape index (κ3) is 5.50. The van der Waals surface area contributed by atoms with Crippen molar-refractivity contribution in [2.24, 2.45) is 0 Å². The molecule has 1 aromatic carbocycles. The Kier molecular flexibility index (Phi) is 6.12. The van der Waals surface area contributed by atoms with E-state index in [1.54, 1.807) is 13.0 Å². The number of nitrogen functional groups attached to an aromatic ring is 1. The molecule has 0 saturated carbocycles. The molecule has 0 aliphatic carbocycles. The minimum Gasteiger partial charge on any atom is -0.486 e. The third-order valence-corrected chi connectivity index (χ3v) is 4.99. The molecule has 0 aliphatic rings. The first-order chi connectivity index (χ1) is 13.7. The predicted octanol–water partition coefficient (Wildman–Crippen LogP) is 2.90. The standard InChI is InChI=1S/C19H24N6O3S/c1-12-9-17(28-24-12)21-16(26)11-29-18-23-22-15(25(18)20)10-27-14-7-5-13(6-8-14)19(2,3)4/h5-9H,10-11,20H2,1-4H3,(H,21,26). The lowest BCUT2D eigenvalue weighted by Gasteiger charge is -2.19. The van der Waals surface area contributed by atoms with Crippen molar-refractivity contribution in [2.45, 2.75) is 44.9 Å². The largest absolute Gasteiger partial charge is 0.486 e. The van der Waals surface area contributed by atoms with E-state index in [0.29, 0.717) is 22.6 Å².